The summed E-state index contributed by atoms with van der Waals surface area (Å²) in [5.74, 6) is -0.798. The first-order valence-electron chi connectivity index (χ1n) is 4.55. The molecule has 0 unspecified atom stereocenters. The Kier molecular flexibility index (Phi) is 3.96. The Balaban J connectivity index is 2.55. The second-order valence-corrected chi connectivity index (χ2v) is 4.02. The maximum absolute atomic E-state index is 10.7. The summed E-state index contributed by atoms with van der Waals surface area (Å²) in [6.45, 7) is 2.15. The summed E-state index contributed by atoms with van der Waals surface area (Å²) in [4.78, 5) is 11.7. The van der Waals surface area contributed by atoms with E-state index < -0.39 is 5.97 Å². The number of rotatable bonds is 5. The quantitative estimate of drug-likeness (QED) is 0.738. The lowest BCUT2D eigenvalue weighted by molar-refractivity contribution is 0.0696. The van der Waals surface area contributed by atoms with E-state index in [1.54, 1.807) is 17.4 Å². The first-order valence-corrected chi connectivity index (χ1v) is 5.43. The zero-order valence-corrected chi connectivity index (χ0v) is 8.56. The summed E-state index contributed by atoms with van der Waals surface area (Å²) in [6.07, 6.45) is 4.36. The van der Waals surface area contributed by atoms with E-state index in [1.807, 2.05) is 5.38 Å². The Morgan fingerprint density at radius 3 is 2.92 bits per heavy atom. The van der Waals surface area contributed by atoms with Crippen molar-refractivity contribution in [3.05, 3.63) is 21.9 Å². The van der Waals surface area contributed by atoms with Gasteiger partial charge in [0.05, 0.1) is 5.56 Å². The molecule has 3 heteroatoms. The summed E-state index contributed by atoms with van der Waals surface area (Å²) >= 11 is 1.55. The predicted molar refractivity (Wildman–Crippen MR) is 54.5 cm³/mol. The summed E-state index contributed by atoms with van der Waals surface area (Å²) in [5, 5.41) is 10.7. The zero-order chi connectivity index (χ0) is 9.68. The first kappa shape index (κ1) is 10.3. The molecule has 0 aromatic carbocycles. The van der Waals surface area contributed by atoms with Crippen LogP contribution in [-0.2, 0) is 6.42 Å². The summed E-state index contributed by atoms with van der Waals surface area (Å²) < 4.78 is 0. The minimum Gasteiger partial charge on any atom is -0.478 e. The van der Waals surface area contributed by atoms with Crippen LogP contribution in [0.25, 0.3) is 0 Å². The number of hydrogen-bond donors (Lipinski definition) is 1. The smallest absolute Gasteiger partial charge is 0.336 e. The molecular formula is C10H14O2S. The standard InChI is InChI=1S/C10H14O2S/c1-2-3-4-5-9-8(10(11)12)6-7-13-9/h6-7H,2-5H2,1H3,(H,11,12). The molecule has 0 aliphatic carbocycles. The van der Waals surface area contributed by atoms with Crippen LogP contribution in [0.15, 0.2) is 11.4 Å². The highest BCUT2D eigenvalue weighted by atomic mass is 32.1. The van der Waals surface area contributed by atoms with E-state index in [4.69, 9.17) is 5.11 Å². The molecule has 72 valence electrons. The Bertz CT molecular complexity index is 278. The minimum atomic E-state index is -0.798. The molecule has 0 bridgehead atoms. The molecule has 0 fully saturated rings. The van der Waals surface area contributed by atoms with Gasteiger partial charge in [-0.05, 0) is 24.3 Å². The number of aromatic carboxylic acids is 1. The van der Waals surface area contributed by atoms with Crippen molar-refractivity contribution in [3.8, 4) is 0 Å². The Hall–Kier alpha value is -0.830. The van der Waals surface area contributed by atoms with Crippen molar-refractivity contribution in [1.29, 1.82) is 0 Å². The number of aryl methyl sites for hydroxylation is 1. The number of carbonyl (C=O) groups is 1. The number of unbranched alkanes of at least 4 members (excludes halogenated alkanes) is 2. The maximum atomic E-state index is 10.7. The number of thiophene rings is 1. The van der Waals surface area contributed by atoms with Crippen molar-refractivity contribution in [3.63, 3.8) is 0 Å². The fourth-order valence-corrected chi connectivity index (χ4v) is 2.17. The lowest BCUT2D eigenvalue weighted by Crippen LogP contribution is -1.97. The highest BCUT2D eigenvalue weighted by Crippen LogP contribution is 2.19. The molecule has 0 atom stereocenters. The van der Waals surface area contributed by atoms with E-state index in [0.717, 1.165) is 17.7 Å². The lowest BCUT2D eigenvalue weighted by atomic mass is 10.1. The SMILES string of the molecule is CCCCCc1sccc1C(=O)O. The van der Waals surface area contributed by atoms with Crippen LogP contribution < -0.4 is 0 Å². The van der Waals surface area contributed by atoms with E-state index in [9.17, 15) is 4.79 Å². The van der Waals surface area contributed by atoms with Gasteiger partial charge in [0.1, 0.15) is 0 Å². The molecule has 1 aromatic heterocycles. The van der Waals surface area contributed by atoms with Crippen LogP contribution in [0.2, 0.25) is 0 Å². The molecule has 1 heterocycles. The molecule has 0 amide bonds. The van der Waals surface area contributed by atoms with Crippen LogP contribution in [0.4, 0.5) is 0 Å². The van der Waals surface area contributed by atoms with Gasteiger partial charge in [0, 0.05) is 4.88 Å². The van der Waals surface area contributed by atoms with Gasteiger partial charge in [-0.2, -0.15) is 0 Å². The molecule has 0 aliphatic heterocycles. The van der Waals surface area contributed by atoms with Crippen LogP contribution in [0, 0.1) is 0 Å². The van der Waals surface area contributed by atoms with Crippen molar-refractivity contribution in [1.82, 2.24) is 0 Å². The average Bonchev–Trinajstić information content (AvgIpc) is 2.53. The van der Waals surface area contributed by atoms with Gasteiger partial charge in [-0.15, -0.1) is 11.3 Å². The third-order valence-corrected chi connectivity index (χ3v) is 2.96. The lowest BCUT2D eigenvalue weighted by Gasteiger charge is -1.98. The van der Waals surface area contributed by atoms with E-state index in [1.165, 1.54) is 12.8 Å². The molecule has 0 radical (unpaired) electrons. The third kappa shape index (κ3) is 2.84. The summed E-state index contributed by atoms with van der Waals surface area (Å²) in [6, 6.07) is 1.69. The molecule has 0 saturated heterocycles. The molecule has 13 heavy (non-hydrogen) atoms. The Morgan fingerprint density at radius 1 is 1.54 bits per heavy atom. The normalized spacial score (nSPS) is 10.2. The maximum Gasteiger partial charge on any atom is 0.336 e. The summed E-state index contributed by atoms with van der Waals surface area (Å²) in [5.41, 5.74) is 0.487. The van der Waals surface area contributed by atoms with Crippen LogP contribution in [0.1, 0.15) is 41.4 Å². The highest BCUT2D eigenvalue weighted by molar-refractivity contribution is 7.10. The average molecular weight is 198 g/mol. The molecular weight excluding hydrogens is 184 g/mol. The van der Waals surface area contributed by atoms with Crippen LogP contribution in [-0.4, -0.2) is 11.1 Å². The number of carboxylic acids is 1. The Morgan fingerprint density at radius 2 is 2.31 bits per heavy atom. The second kappa shape index (κ2) is 5.02. The zero-order valence-electron chi connectivity index (χ0n) is 7.75. The van der Waals surface area contributed by atoms with E-state index in [-0.39, 0.29) is 0 Å². The van der Waals surface area contributed by atoms with Gasteiger partial charge in [0.15, 0.2) is 0 Å². The van der Waals surface area contributed by atoms with Crippen molar-refractivity contribution in [2.75, 3.05) is 0 Å². The van der Waals surface area contributed by atoms with E-state index >= 15 is 0 Å². The van der Waals surface area contributed by atoms with Gasteiger partial charge in [-0.3, -0.25) is 0 Å². The highest BCUT2D eigenvalue weighted by Gasteiger charge is 2.09. The second-order valence-electron chi connectivity index (χ2n) is 3.02. The predicted octanol–water partition coefficient (Wildman–Crippen LogP) is 3.18. The van der Waals surface area contributed by atoms with Gasteiger partial charge in [0.25, 0.3) is 0 Å². The molecule has 0 spiro atoms. The van der Waals surface area contributed by atoms with Crippen molar-refractivity contribution in [2.45, 2.75) is 32.6 Å². The molecule has 0 aliphatic rings. The van der Waals surface area contributed by atoms with Crippen LogP contribution in [0.3, 0.4) is 0 Å². The summed E-state index contributed by atoms with van der Waals surface area (Å²) in [7, 11) is 0. The van der Waals surface area contributed by atoms with Crippen LogP contribution in [0.5, 0.6) is 0 Å². The fourth-order valence-electron chi connectivity index (χ4n) is 1.26. The monoisotopic (exact) mass is 198 g/mol. The molecule has 1 rings (SSSR count). The third-order valence-electron chi connectivity index (χ3n) is 1.98. The van der Waals surface area contributed by atoms with E-state index in [0.29, 0.717) is 5.56 Å². The first-order chi connectivity index (χ1) is 6.25. The molecule has 1 N–H and O–H groups in total. The van der Waals surface area contributed by atoms with Gasteiger partial charge in [0.2, 0.25) is 0 Å². The van der Waals surface area contributed by atoms with Crippen molar-refractivity contribution >= 4 is 17.3 Å². The van der Waals surface area contributed by atoms with Gasteiger partial charge < -0.3 is 5.11 Å². The van der Waals surface area contributed by atoms with Gasteiger partial charge in [-0.25, -0.2) is 4.79 Å². The van der Waals surface area contributed by atoms with Crippen LogP contribution >= 0.6 is 11.3 Å². The van der Waals surface area contributed by atoms with E-state index in [2.05, 4.69) is 6.92 Å². The molecule has 0 saturated carbocycles. The van der Waals surface area contributed by atoms with Crippen molar-refractivity contribution in [2.24, 2.45) is 0 Å². The fraction of sp³-hybridized carbons (Fsp3) is 0.500. The molecule has 1 aromatic rings. The number of carboxylic acid groups (broad SMARTS) is 1. The number of hydrogen-bond acceptors (Lipinski definition) is 2. The van der Waals surface area contributed by atoms with Gasteiger partial charge in [-0.1, -0.05) is 19.8 Å². The minimum absolute atomic E-state index is 0.487. The van der Waals surface area contributed by atoms with Gasteiger partial charge >= 0.3 is 5.97 Å². The molecule has 2 nitrogen and oxygen atoms in total. The topological polar surface area (TPSA) is 37.3 Å². The largest absolute Gasteiger partial charge is 0.478 e. The van der Waals surface area contributed by atoms with Crippen molar-refractivity contribution < 1.29 is 9.90 Å². The Labute approximate surface area is 82.2 Å².